The lowest BCUT2D eigenvalue weighted by molar-refractivity contribution is -0.140. The zero-order chi connectivity index (χ0) is 15.1. The molecule has 1 fully saturated rings. The van der Waals surface area contributed by atoms with Crippen LogP contribution in [0.5, 0.6) is 0 Å². The molecule has 1 aliphatic heterocycles. The summed E-state index contributed by atoms with van der Waals surface area (Å²) in [5.41, 5.74) is 4.93. The highest BCUT2D eigenvalue weighted by Gasteiger charge is 2.24. The molecule has 0 spiro atoms. The number of nitrogens with two attached hydrogens (primary N) is 1. The second-order valence-electron chi connectivity index (χ2n) is 4.96. The highest BCUT2D eigenvalue weighted by atomic mass is 16.4. The fourth-order valence-electron chi connectivity index (χ4n) is 2.21. The van der Waals surface area contributed by atoms with Crippen molar-refractivity contribution >= 4 is 17.9 Å². The van der Waals surface area contributed by atoms with Crippen LogP contribution in [-0.4, -0.2) is 60.1 Å². The summed E-state index contributed by atoms with van der Waals surface area (Å²) < 4.78 is 0. The molecule has 3 amide bonds. The Bertz CT molecular complexity index is 374. The first kappa shape index (κ1) is 16.2. The van der Waals surface area contributed by atoms with Crippen LogP contribution < -0.4 is 16.4 Å². The number of amides is 3. The van der Waals surface area contributed by atoms with E-state index in [1.807, 2.05) is 0 Å². The van der Waals surface area contributed by atoms with E-state index in [2.05, 4.69) is 22.5 Å². The van der Waals surface area contributed by atoms with Crippen molar-refractivity contribution in [1.29, 1.82) is 0 Å². The van der Waals surface area contributed by atoms with Gasteiger partial charge in [-0.3, -0.25) is 4.79 Å². The molecule has 2 unspecified atom stereocenters. The minimum absolute atomic E-state index is 0.375. The molecule has 0 radical (unpaired) electrons. The highest BCUT2D eigenvalue weighted by molar-refractivity contribution is 5.87. The zero-order valence-electron chi connectivity index (χ0n) is 11.6. The maximum Gasteiger partial charge on any atom is 0.326 e. The predicted octanol–water partition coefficient (Wildman–Crippen LogP) is -1.04. The number of aliphatic carboxylic acids is 1. The van der Waals surface area contributed by atoms with E-state index >= 15 is 0 Å². The number of carboxylic acids is 1. The van der Waals surface area contributed by atoms with Gasteiger partial charge < -0.3 is 26.4 Å². The van der Waals surface area contributed by atoms with Crippen molar-refractivity contribution in [1.82, 2.24) is 15.5 Å². The smallest absolute Gasteiger partial charge is 0.326 e. The largest absolute Gasteiger partial charge is 0.480 e. The number of carboxylic acid groups (broad SMARTS) is 1. The highest BCUT2D eigenvalue weighted by Crippen LogP contribution is 2.14. The molecule has 2 atom stereocenters. The fraction of sp³-hybridized carbons (Fsp3) is 0.750. The number of nitrogens with one attached hydrogen (secondary N) is 2. The van der Waals surface area contributed by atoms with Crippen LogP contribution in [0, 0.1) is 5.92 Å². The van der Waals surface area contributed by atoms with Gasteiger partial charge in [-0.25, -0.2) is 9.59 Å². The van der Waals surface area contributed by atoms with Crippen molar-refractivity contribution in [3.05, 3.63) is 0 Å². The number of primary amides is 1. The Labute approximate surface area is 117 Å². The molecule has 0 saturated carbocycles. The Balaban J connectivity index is 2.31. The van der Waals surface area contributed by atoms with Crippen LogP contribution in [0.15, 0.2) is 0 Å². The summed E-state index contributed by atoms with van der Waals surface area (Å²) >= 11 is 0. The molecule has 114 valence electrons. The normalized spacial score (nSPS) is 20.4. The second kappa shape index (κ2) is 7.68. The first-order valence-corrected chi connectivity index (χ1v) is 6.70. The maximum absolute atomic E-state index is 11.6. The summed E-state index contributed by atoms with van der Waals surface area (Å²) in [5.74, 6) is -1.68. The number of hydrogen-bond acceptors (Lipinski definition) is 4. The van der Waals surface area contributed by atoms with E-state index in [4.69, 9.17) is 10.8 Å². The molecule has 8 heteroatoms. The quantitative estimate of drug-likeness (QED) is 0.475. The van der Waals surface area contributed by atoms with E-state index in [1.54, 1.807) is 0 Å². The zero-order valence-corrected chi connectivity index (χ0v) is 11.6. The Morgan fingerprint density at radius 3 is 2.65 bits per heavy atom. The van der Waals surface area contributed by atoms with Crippen molar-refractivity contribution in [3.8, 4) is 0 Å². The standard InChI is InChI=1S/C12H22N4O4/c1-2-16-4-3-8(7-16)6-14-12(20)15-9(11(18)19)5-10(13)17/h8-9H,2-7H2,1H3,(H2,13,17)(H,18,19)(H2,14,15,20). The third-order valence-electron chi connectivity index (χ3n) is 3.38. The van der Waals surface area contributed by atoms with Gasteiger partial charge in [-0.15, -0.1) is 0 Å². The number of carbonyl (C=O) groups excluding carboxylic acids is 2. The lowest BCUT2D eigenvalue weighted by atomic mass is 10.1. The summed E-state index contributed by atoms with van der Waals surface area (Å²) in [4.78, 5) is 35.5. The monoisotopic (exact) mass is 286 g/mol. The number of likely N-dealkylation sites (tertiary alicyclic amines) is 1. The fourth-order valence-corrected chi connectivity index (χ4v) is 2.21. The molecule has 1 aliphatic rings. The Morgan fingerprint density at radius 2 is 2.15 bits per heavy atom. The molecule has 20 heavy (non-hydrogen) atoms. The van der Waals surface area contributed by atoms with Gasteiger partial charge in [-0.05, 0) is 25.4 Å². The molecule has 0 aliphatic carbocycles. The van der Waals surface area contributed by atoms with Gasteiger partial charge in [0, 0.05) is 13.1 Å². The minimum Gasteiger partial charge on any atom is -0.480 e. The van der Waals surface area contributed by atoms with E-state index in [0.717, 1.165) is 26.1 Å². The van der Waals surface area contributed by atoms with Crippen LogP contribution in [0.1, 0.15) is 19.8 Å². The van der Waals surface area contributed by atoms with Gasteiger partial charge in [0.15, 0.2) is 0 Å². The third-order valence-corrected chi connectivity index (χ3v) is 3.38. The van der Waals surface area contributed by atoms with E-state index in [0.29, 0.717) is 12.5 Å². The Hall–Kier alpha value is -1.83. The minimum atomic E-state index is -1.29. The first-order valence-electron chi connectivity index (χ1n) is 6.70. The van der Waals surface area contributed by atoms with Crippen LogP contribution in [0.25, 0.3) is 0 Å². The summed E-state index contributed by atoms with van der Waals surface area (Å²) in [7, 11) is 0. The van der Waals surface area contributed by atoms with Gasteiger partial charge in [0.1, 0.15) is 6.04 Å². The van der Waals surface area contributed by atoms with Gasteiger partial charge in [-0.1, -0.05) is 6.92 Å². The second-order valence-corrected chi connectivity index (χ2v) is 4.96. The number of rotatable bonds is 7. The third kappa shape index (κ3) is 5.43. The molecule has 1 heterocycles. The summed E-state index contributed by atoms with van der Waals surface area (Å²) in [6.07, 6.45) is 0.591. The Morgan fingerprint density at radius 1 is 1.45 bits per heavy atom. The van der Waals surface area contributed by atoms with Gasteiger partial charge in [0.25, 0.3) is 0 Å². The number of carbonyl (C=O) groups is 3. The SMILES string of the molecule is CCN1CCC(CNC(=O)NC(CC(N)=O)C(=O)O)C1. The van der Waals surface area contributed by atoms with Crippen molar-refractivity contribution < 1.29 is 19.5 Å². The molecule has 0 aromatic carbocycles. The molecule has 1 saturated heterocycles. The summed E-state index contributed by atoms with van der Waals surface area (Å²) in [6.45, 7) is 5.52. The number of nitrogens with zero attached hydrogens (tertiary/aromatic N) is 1. The molecule has 0 aromatic heterocycles. The van der Waals surface area contributed by atoms with Crippen LogP contribution >= 0.6 is 0 Å². The average Bonchev–Trinajstić information content (AvgIpc) is 2.83. The first-order chi connectivity index (χ1) is 9.42. The molecule has 5 N–H and O–H groups in total. The predicted molar refractivity (Wildman–Crippen MR) is 72.0 cm³/mol. The molecular formula is C12H22N4O4. The number of urea groups is 1. The van der Waals surface area contributed by atoms with Crippen molar-refractivity contribution in [2.45, 2.75) is 25.8 Å². The topological polar surface area (TPSA) is 125 Å². The molecular weight excluding hydrogens is 264 g/mol. The van der Waals surface area contributed by atoms with Crippen LogP contribution in [0.4, 0.5) is 4.79 Å². The van der Waals surface area contributed by atoms with Crippen molar-refractivity contribution in [2.24, 2.45) is 11.7 Å². The van der Waals surface area contributed by atoms with Gasteiger partial charge in [-0.2, -0.15) is 0 Å². The van der Waals surface area contributed by atoms with Gasteiger partial charge in [0.2, 0.25) is 5.91 Å². The van der Waals surface area contributed by atoms with E-state index in [9.17, 15) is 14.4 Å². The lowest BCUT2D eigenvalue weighted by Gasteiger charge is -2.16. The lowest BCUT2D eigenvalue weighted by Crippen LogP contribution is -2.48. The number of hydrogen-bond donors (Lipinski definition) is 4. The van der Waals surface area contributed by atoms with Crippen LogP contribution in [-0.2, 0) is 9.59 Å². The Kier molecular flexibility index (Phi) is 6.23. The van der Waals surface area contributed by atoms with Crippen molar-refractivity contribution in [3.63, 3.8) is 0 Å². The molecule has 8 nitrogen and oxygen atoms in total. The molecule has 1 rings (SSSR count). The van der Waals surface area contributed by atoms with Gasteiger partial charge in [0.05, 0.1) is 6.42 Å². The van der Waals surface area contributed by atoms with E-state index in [-0.39, 0.29) is 0 Å². The maximum atomic E-state index is 11.6. The summed E-state index contributed by atoms with van der Waals surface area (Å²) in [5, 5.41) is 13.7. The van der Waals surface area contributed by atoms with E-state index < -0.39 is 30.4 Å². The molecule has 0 bridgehead atoms. The van der Waals surface area contributed by atoms with E-state index in [1.165, 1.54) is 0 Å². The van der Waals surface area contributed by atoms with Crippen molar-refractivity contribution in [2.75, 3.05) is 26.2 Å². The van der Waals surface area contributed by atoms with Gasteiger partial charge >= 0.3 is 12.0 Å². The average molecular weight is 286 g/mol. The van der Waals surface area contributed by atoms with Crippen LogP contribution in [0.2, 0.25) is 0 Å². The summed E-state index contributed by atoms with van der Waals surface area (Å²) in [6, 6.07) is -1.88. The molecule has 0 aromatic rings. The van der Waals surface area contributed by atoms with Crippen LogP contribution in [0.3, 0.4) is 0 Å².